The fourth-order valence-corrected chi connectivity index (χ4v) is 2.35. The van der Waals surface area contributed by atoms with E-state index in [9.17, 15) is 0 Å². The van der Waals surface area contributed by atoms with Crippen molar-refractivity contribution in [3.05, 3.63) is 17.7 Å². The van der Waals surface area contributed by atoms with Crippen LogP contribution in [0.15, 0.2) is 6.20 Å². The maximum Gasteiger partial charge on any atom is 0.105 e. The van der Waals surface area contributed by atoms with Gasteiger partial charge in [-0.25, -0.2) is 4.98 Å². The summed E-state index contributed by atoms with van der Waals surface area (Å²) in [6, 6.07) is 0.521. The molecule has 0 spiro atoms. The van der Waals surface area contributed by atoms with Gasteiger partial charge in [0, 0.05) is 30.4 Å². The largest absolute Gasteiger partial charge is 0.329 e. The van der Waals surface area contributed by atoms with Gasteiger partial charge in [-0.1, -0.05) is 0 Å². The molecule has 3 nitrogen and oxygen atoms in total. The summed E-state index contributed by atoms with van der Waals surface area (Å²) in [6.07, 6.45) is 3.30. The van der Waals surface area contributed by atoms with Crippen LogP contribution in [0.4, 0.5) is 0 Å². The number of nitrogens with zero attached hydrogens (tertiary/aromatic N) is 2. The van der Waals surface area contributed by atoms with E-state index in [0.29, 0.717) is 12.0 Å². The Morgan fingerprint density at radius 3 is 2.93 bits per heavy atom. The van der Waals surface area contributed by atoms with Gasteiger partial charge in [0.05, 0.1) is 0 Å². The Labute approximate surface area is 85.5 Å². The lowest BCUT2D eigenvalue weighted by molar-refractivity contribution is 0.535. The first-order valence-corrected chi connectivity index (χ1v) is 5.44. The summed E-state index contributed by atoms with van der Waals surface area (Å²) in [5.41, 5.74) is 1.41. The lowest BCUT2D eigenvalue weighted by Gasteiger charge is -2.17. The zero-order valence-electron chi connectivity index (χ0n) is 9.25. The van der Waals surface area contributed by atoms with E-state index in [4.69, 9.17) is 0 Å². The average molecular weight is 193 g/mol. The van der Waals surface area contributed by atoms with Crippen LogP contribution in [0.25, 0.3) is 0 Å². The Bertz CT molecular complexity index is 308. The van der Waals surface area contributed by atoms with E-state index < -0.39 is 0 Å². The minimum Gasteiger partial charge on any atom is -0.329 e. The Morgan fingerprint density at radius 2 is 2.36 bits per heavy atom. The average Bonchev–Trinajstić information content (AvgIpc) is 2.70. The van der Waals surface area contributed by atoms with E-state index in [1.54, 1.807) is 0 Å². The van der Waals surface area contributed by atoms with Crippen molar-refractivity contribution in [1.29, 1.82) is 0 Å². The smallest absolute Gasteiger partial charge is 0.105 e. The fraction of sp³-hybridized carbons (Fsp3) is 0.727. The summed E-state index contributed by atoms with van der Waals surface area (Å²) in [5.74, 6) is 1.81. The van der Waals surface area contributed by atoms with E-state index in [1.165, 1.54) is 12.1 Å². The number of imidazole rings is 1. The highest BCUT2D eigenvalue weighted by Crippen LogP contribution is 2.25. The molecule has 0 bridgehead atoms. The second-order valence-corrected chi connectivity index (χ2v) is 4.38. The Kier molecular flexibility index (Phi) is 2.59. The second-order valence-electron chi connectivity index (χ2n) is 4.38. The normalized spacial score (nSPS) is 22.1. The van der Waals surface area contributed by atoms with Gasteiger partial charge < -0.3 is 9.88 Å². The number of aryl methyl sites for hydroxylation is 1. The van der Waals surface area contributed by atoms with Crippen molar-refractivity contribution in [2.45, 2.75) is 39.2 Å². The molecule has 78 valence electrons. The summed E-state index contributed by atoms with van der Waals surface area (Å²) >= 11 is 0. The summed E-state index contributed by atoms with van der Waals surface area (Å²) in [6.45, 7) is 8.79. The van der Waals surface area contributed by atoms with Gasteiger partial charge in [0.25, 0.3) is 0 Å². The zero-order valence-corrected chi connectivity index (χ0v) is 9.25. The Hall–Kier alpha value is -0.830. The predicted octanol–water partition coefficient (Wildman–Crippen LogP) is 1.85. The molecule has 0 saturated carbocycles. The third-order valence-corrected chi connectivity index (χ3v) is 3.01. The SMILES string of the molecule is Cc1ncc(C2CCNC2)n1C(C)C. The van der Waals surface area contributed by atoms with Gasteiger partial charge in [-0.2, -0.15) is 0 Å². The van der Waals surface area contributed by atoms with Crippen molar-refractivity contribution in [2.24, 2.45) is 0 Å². The van der Waals surface area contributed by atoms with Crippen LogP contribution in [0, 0.1) is 6.92 Å². The molecule has 0 amide bonds. The van der Waals surface area contributed by atoms with Crippen LogP contribution < -0.4 is 5.32 Å². The molecule has 1 N–H and O–H groups in total. The van der Waals surface area contributed by atoms with E-state index in [2.05, 4.69) is 35.6 Å². The summed E-state index contributed by atoms with van der Waals surface area (Å²) in [5, 5.41) is 3.41. The van der Waals surface area contributed by atoms with Gasteiger partial charge in [0.1, 0.15) is 5.82 Å². The van der Waals surface area contributed by atoms with E-state index >= 15 is 0 Å². The van der Waals surface area contributed by atoms with E-state index in [-0.39, 0.29) is 0 Å². The summed E-state index contributed by atoms with van der Waals surface area (Å²) in [4.78, 5) is 4.42. The predicted molar refractivity (Wildman–Crippen MR) is 57.6 cm³/mol. The van der Waals surface area contributed by atoms with Crippen LogP contribution in [0.2, 0.25) is 0 Å². The first-order chi connectivity index (χ1) is 6.70. The fourth-order valence-electron chi connectivity index (χ4n) is 2.35. The third kappa shape index (κ3) is 1.57. The molecular formula is C11H19N3. The molecule has 1 aromatic rings. The number of nitrogens with one attached hydrogen (secondary N) is 1. The monoisotopic (exact) mass is 193 g/mol. The molecule has 0 aromatic carbocycles. The van der Waals surface area contributed by atoms with Crippen LogP contribution in [0.3, 0.4) is 0 Å². The first kappa shape index (κ1) is 9.71. The molecule has 2 heterocycles. The summed E-state index contributed by atoms with van der Waals surface area (Å²) in [7, 11) is 0. The Morgan fingerprint density at radius 1 is 1.57 bits per heavy atom. The van der Waals surface area contributed by atoms with Crippen LogP contribution in [-0.4, -0.2) is 22.6 Å². The third-order valence-electron chi connectivity index (χ3n) is 3.01. The van der Waals surface area contributed by atoms with Crippen molar-refractivity contribution >= 4 is 0 Å². The molecule has 3 heteroatoms. The van der Waals surface area contributed by atoms with Crippen molar-refractivity contribution in [2.75, 3.05) is 13.1 Å². The number of hydrogen-bond donors (Lipinski definition) is 1. The van der Waals surface area contributed by atoms with Gasteiger partial charge >= 0.3 is 0 Å². The molecule has 1 aliphatic rings. The van der Waals surface area contributed by atoms with Crippen molar-refractivity contribution in [3.63, 3.8) is 0 Å². The molecule has 1 saturated heterocycles. The number of rotatable bonds is 2. The van der Waals surface area contributed by atoms with Crippen LogP contribution in [0.5, 0.6) is 0 Å². The minimum absolute atomic E-state index is 0.521. The van der Waals surface area contributed by atoms with Gasteiger partial charge in [0.15, 0.2) is 0 Å². The molecule has 14 heavy (non-hydrogen) atoms. The van der Waals surface area contributed by atoms with Gasteiger partial charge in [-0.05, 0) is 33.7 Å². The van der Waals surface area contributed by atoms with Crippen LogP contribution >= 0.6 is 0 Å². The molecule has 1 atom stereocenters. The highest BCUT2D eigenvalue weighted by molar-refractivity contribution is 5.13. The summed E-state index contributed by atoms with van der Waals surface area (Å²) < 4.78 is 2.36. The van der Waals surface area contributed by atoms with Gasteiger partial charge in [-0.3, -0.25) is 0 Å². The quantitative estimate of drug-likeness (QED) is 0.777. The van der Waals surface area contributed by atoms with E-state index in [0.717, 1.165) is 18.9 Å². The standard InChI is InChI=1S/C11H19N3/c1-8(2)14-9(3)13-7-11(14)10-4-5-12-6-10/h7-8,10,12H,4-6H2,1-3H3. The molecule has 0 aliphatic carbocycles. The highest BCUT2D eigenvalue weighted by atomic mass is 15.1. The molecule has 1 fully saturated rings. The number of hydrogen-bond acceptors (Lipinski definition) is 2. The van der Waals surface area contributed by atoms with Crippen molar-refractivity contribution < 1.29 is 0 Å². The molecule has 2 rings (SSSR count). The molecular weight excluding hydrogens is 174 g/mol. The molecule has 1 aromatic heterocycles. The minimum atomic E-state index is 0.521. The molecule has 1 aliphatic heterocycles. The van der Waals surface area contributed by atoms with Crippen LogP contribution in [0.1, 0.15) is 43.7 Å². The lowest BCUT2D eigenvalue weighted by atomic mass is 10.1. The zero-order chi connectivity index (χ0) is 10.1. The van der Waals surface area contributed by atoms with Crippen LogP contribution in [-0.2, 0) is 0 Å². The highest BCUT2D eigenvalue weighted by Gasteiger charge is 2.22. The number of aromatic nitrogens is 2. The maximum absolute atomic E-state index is 4.42. The van der Waals surface area contributed by atoms with E-state index in [1.807, 2.05) is 6.20 Å². The second kappa shape index (κ2) is 3.73. The van der Waals surface area contributed by atoms with Crippen molar-refractivity contribution in [3.8, 4) is 0 Å². The van der Waals surface area contributed by atoms with Gasteiger partial charge in [0.2, 0.25) is 0 Å². The maximum atomic E-state index is 4.42. The molecule has 1 unspecified atom stereocenters. The first-order valence-electron chi connectivity index (χ1n) is 5.44. The lowest BCUT2D eigenvalue weighted by Crippen LogP contribution is -2.13. The topological polar surface area (TPSA) is 29.9 Å². The van der Waals surface area contributed by atoms with Gasteiger partial charge in [-0.15, -0.1) is 0 Å². The Balaban J connectivity index is 2.32. The molecule has 0 radical (unpaired) electrons. The van der Waals surface area contributed by atoms with Crippen molar-refractivity contribution in [1.82, 2.24) is 14.9 Å².